The Hall–Kier alpha value is -3.01. The third-order valence-corrected chi connectivity index (χ3v) is 5.10. The monoisotopic (exact) mass is 466 g/mol. The van der Waals surface area contributed by atoms with Crippen LogP contribution in [-0.4, -0.2) is 39.9 Å². The molecule has 0 saturated carbocycles. The molecule has 11 heteroatoms. The van der Waals surface area contributed by atoms with Crippen LogP contribution in [0.3, 0.4) is 0 Å². The van der Waals surface area contributed by atoms with Gasteiger partial charge in [0.2, 0.25) is 17.7 Å². The van der Waals surface area contributed by atoms with Crippen LogP contribution in [0.5, 0.6) is 0 Å². The first-order chi connectivity index (χ1) is 14.9. The number of anilines is 3. The molecule has 0 unspecified atom stereocenters. The van der Waals surface area contributed by atoms with Gasteiger partial charge in [-0.25, -0.2) is 4.98 Å². The number of amides is 1. The number of nitrogens with zero attached hydrogens (tertiary/aromatic N) is 4. The number of aryl methyl sites for hydroxylation is 1. The maximum atomic E-state index is 13.7. The summed E-state index contributed by atoms with van der Waals surface area (Å²) in [5.41, 5.74) is 0.579. The van der Waals surface area contributed by atoms with E-state index in [0.717, 1.165) is 62.3 Å². The molecule has 1 fully saturated rings. The van der Waals surface area contributed by atoms with E-state index >= 15 is 0 Å². The van der Waals surface area contributed by atoms with E-state index in [1.54, 1.807) is 0 Å². The minimum absolute atomic E-state index is 0. The summed E-state index contributed by atoms with van der Waals surface area (Å²) in [7, 11) is 0. The average molecular weight is 467 g/mol. The van der Waals surface area contributed by atoms with Gasteiger partial charge < -0.3 is 15.5 Å². The molecule has 1 aromatic heterocycles. The molecular weight excluding hydrogens is 439 g/mol. The SMILES string of the molecule is CCCCc1cc(N2CCC[C@@H](NC(C)=O)C2)nc(Nc2ccc(F)c([N+](=O)[O-])c2)n1.Cl. The number of carbonyl (C=O) groups excluding carboxylic acids is 1. The van der Waals surface area contributed by atoms with Crippen LogP contribution in [0.25, 0.3) is 0 Å². The van der Waals surface area contributed by atoms with Crippen molar-refractivity contribution in [3.05, 3.63) is 45.9 Å². The molecule has 9 nitrogen and oxygen atoms in total. The molecule has 0 aliphatic carbocycles. The Bertz CT molecular complexity index is 961. The van der Waals surface area contributed by atoms with E-state index in [9.17, 15) is 19.3 Å². The van der Waals surface area contributed by atoms with Crippen molar-refractivity contribution in [3.63, 3.8) is 0 Å². The van der Waals surface area contributed by atoms with E-state index in [1.165, 1.54) is 13.0 Å². The van der Waals surface area contributed by atoms with Gasteiger partial charge in [0.15, 0.2) is 0 Å². The molecule has 0 bridgehead atoms. The molecule has 1 aromatic carbocycles. The summed E-state index contributed by atoms with van der Waals surface area (Å²) >= 11 is 0. The molecule has 1 atom stereocenters. The first-order valence-corrected chi connectivity index (χ1v) is 10.5. The lowest BCUT2D eigenvalue weighted by atomic mass is 10.1. The Morgan fingerprint density at radius 1 is 1.34 bits per heavy atom. The quantitative estimate of drug-likeness (QED) is 0.444. The minimum atomic E-state index is -0.897. The number of carbonyl (C=O) groups is 1. The second-order valence-corrected chi connectivity index (χ2v) is 7.68. The first kappa shape index (κ1) is 25.3. The number of nitrogens with one attached hydrogen (secondary N) is 2. The predicted molar refractivity (Wildman–Crippen MR) is 123 cm³/mol. The number of nitro groups is 1. The van der Waals surface area contributed by atoms with E-state index in [0.29, 0.717) is 18.2 Å². The number of hydrogen-bond acceptors (Lipinski definition) is 7. The lowest BCUT2D eigenvalue weighted by Gasteiger charge is -2.34. The Balaban J connectivity index is 0.00000363. The summed E-state index contributed by atoms with van der Waals surface area (Å²) in [6, 6.07) is 5.59. The fourth-order valence-electron chi connectivity index (χ4n) is 3.64. The first-order valence-electron chi connectivity index (χ1n) is 10.5. The van der Waals surface area contributed by atoms with Gasteiger partial charge in [-0.2, -0.15) is 9.37 Å². The fraction of sp³-hybridized carbons (Fsp3) is 0.476. The molecule has 3 rings (SSSR count). The van der Waals surface area contributed by atoms with Gasteiger partial charge in [0.05, 0.1) is 4.92 Å². The number of nitro benzene ring substituents is 1. The highest BCUT2D eigenvalue weighted by molar-refractivity contribution is 5.85. The zero-order chi connectivity index (χ0) is 22.4. The van der Waals surface area contributed by atoms with Crippen molar-refractivity contribution in [2.24, 2.45) is 0 Å². The molecule has 2 heterocycles. The summed E-state index contributed by atoms with van der Waals surface area (Å²) in [4.78, 5) is 33.0. The van der Waals surface area contributed by atoms with Crippen molar-refractivity contribution in [2.45, 2.75) is 52.0 Å². The molecule has 174 valence electrons. The van der Waals surface area contributed by atoms with E-state index in [4.69, 9.17) is 0 Å². The Labute approximate surface area is 192 Å². The number of halogens is 2. The summed E-state index contributed by atoms with van der Waals surface area (Å²) in [5, 5.41) is 17.0. The van der Waals surface area contributed by atoms with Gasteiger partial charge in [0, 0.05) is 49.6 Å². The normalized spacial score (nSPS) is 15.6. The number of benzene rings is 1. The van der Waals surface area contributed by atoms with Gasteiger partial charge >= 0.3 is 5.69 Å². The lowest BCUT2D eigenvalue weighted by Crippen LogP contribution is -2.47. The zero-order valence-corrected chi connectivity index (χ0v) is 19.0. The van der Waals surface area contributed by atoms with Crippen LogP contribution in [-0.2, 0) is 11.2 Å². The maximum absolute atomic E-state index is 13.7. The number of unbranched alkanes of at least 4 members (excludes halogenated alkanes) is 1. The molecule has 1 aliphatic rings. The number of hydrogen-bond donors (Lipinski definition) is 2. The van der Waals surface area contributed by atoms with Crippen LogP contribution >= 0.6 is 12.4 Å². The molecule has 0 spiro atoms. The molecule has 1 amide bonds. The van der Waals surface area contributed by atoms with Gasteiger partial charge in [-0.3, -0.25) is 14.9 Å². The van der Waals surface area contributed by atoms with Gasteiger partial charge in [-0.05, 0) is 37.8 Å². The van der Waals surface area contributed by atoms with Crippen LogP contribution < -0.4 is 15.5 Å². The minimum Gasteiger partial charge on any atom is -0.354 e. The largest absolute Gasteiger partial charge is 0.354 e. The second-order valence-electron chi connectivity index (χ2n) is 7.68. The summed E-state index contributed by atoms with van der Waals surface area (Å²) in [6.07, 6.45) is 4.58. The molecule has 0 radical (unpaired) electrons. The standard InChI is InChI=1S/C21H27FN6O3.ClH/c1-3-4-6-15-12-20(27-10-5-7-17(13-27)23-14(2)29)26-21(24-15)25-16-8-9-18(22)19(11-16)28(30)31;/h8-9,11-12,17H,3-7,10,13H2,1-2H3,(H,23,29)(H,24,25,26);1H/t17-;/m1./s1. The summed E-state index contributed by atoms with van der Waals surface area (Å²) in [6.45, 7) is 5.06. The van der Waals surface area contributed by atoms with E-state index in [1.807, 2.05) is 6.07 Å². The predicted octanol–water partition coefficient (Wildman–Crippen LogP) is 4.14. The molecule has 1 saturated heterocycles. The summed E-state index contributed by atoms with van der Waals surface area (Å²) < 4.78 is 13.7. The van der Waals surface area contributed by atoms with E-state index < -0.39 is 16.4 Å². The van der Waals surface area contributed by atoms with Gasteiger partial charge in [0.1, 0.15) is 5.82 Å². The smallest absolute Gasteiger partial charge is 0.306 e. The van der Waals surface area contributed by atoms with Crippen molar-refractivity contribution < 1.29 is 14.1 Å². The van der Waals surface area contributed by atoms with Crippen LogP contribution in [0.1, 0.15) is 45.2 Å². The third-order valence-electron chi connectivity index (χ3n) is 5.10. The van der Waals surface area contributed by atoms with Crippen molar-refractivity contribution >= 4 is 41.5 Å². The van der Waals surface area contributed by atoms with E-state index in [2.05, 4.69) is 32.4 Å². The topological polar surface area (TPSA) is 113 Å². The number of rotatable bonds is 8. The summed E-state index contributed by atoms with van der Waals surface area (Å²) in [5.74, 6) is 0.0750. The maximum Gasteiger partial charge on any atom is 0.306 e. The molecular formula is C21H28ClFN6O3. The highest BCUT2D eigenvalue weighted by Crippen LogP contribution is 2.26. The van der Waals surface area contributed by atoms with Crippen LogP contribution in [0, 0.1) is 15.9 Å². The molecule has 1 aliphatic heterocycles. The fourth-order valence-corrected chi connectivity index (χ4v) is 3.64. The molecule has 32 heavy (non-hydrogen) atoms. The third kappa shape index (κ3) is 6.74. The van der Waals surface area contributed by atoms with Crippen molar-refractivity contribution in [1.29, 1.82) is 0 Å². The lowest BCUT2D eigenvalue weighted by molar-refractivity contribution is -0.387. The number of piperidine rings is 1. The second kappa shape index (κ2) is 11.6. The zero-order valence-electron chi connectivity index (χ0n) is 18.1. The number of aromatic nitrogens is 2. The van der Waals surface area contributed by atoms with Crippen LogP contribution in [0.2, 0.25) is 0 Å². The Morgan fingerprint density at radius 2 is 2.12 bits per heavy atom. The Morgan fingerprint density at radius 3 is 2.81 bits per heavy atom. The highest BCUT2D eigenvalue weighted by atomic mass is 35.5. The highest BCUT2D eigenvalue weighted by Gasteiger charge is 2.23. The van der Waals surface area contributed by atoms with Gasteiger partial charge in [-0.1, -0.05) is 13.3 Å². The molecule has 2 N–H and O–H groups in total. The van der Waals surface area contributed by atoms with Gasteiger partial charge in [-0.15, -0.1) is 12.4 Å². The van der Waals surface area contributed by atoms with Crippen molar-refractivity contribution in [2.75, 3.05) is 23.3 Å². The Kier molecular flexibility index (Phi) is 9.13. The van der Waals surface area contributed by atoms with E-state index in [-0.39, 0.29) is 24.4 Å². The van der Waals surface area contributed by atoms with Gasteiger partial charge in [0.25, 0.3) is 0 Å². The van der Waals surface area contributed by atoms with Crippen molar-refractivity contribution in [1.82, 2.24) is 15.3 Å². The van der Waals surface area contributed by atoms with Crippen molar-refractivity contribution in [3.8, 4) is 0 Å². The average Bonchev–Trinajstić information content (AvgIpc) is 2.73. The van der Waals surface area contributed by atoms with Crippen LogP contribution in [0.4, 0.5) is 27.5 Å². The molecule has 2 aromatic rings. The van der Waals surface area contributed by atoms with Crippen LogP contribution in [0.15, 0.2) is 24.3 Å².